The van der Waals surface area contributed by atoms with Gasteiger partial charge in [0.05, 0.1) is 25.2 Å². The average molecular weight is 430 g/mol. The van der Waals surface area contributed by atoms with Crippen molar-refractivity contribution in [3.05, 3.63) is 29.8 Å². The quantitative estimate of drug-likeness (QED) is 0.779. The zero-order valence-corrected chi connectivity index (χ0v) is 19.4. The molecule has 3 heterocycles. The Morgan fingerprint density at radius 2 is 1.90 bits per heavy atom. The van der Waals surface area contributed by atoms with Crippen LogP contribution < -0.4 is 4.90 Å². The molecule has 6 nitrogen and oxygen atoms in total. The molecule has 3 fully saturated rings. The van der Waals surface area contributed by atoms with Gasteiger partial charge in [-0.3, -0.25) is 9.69 Å². The molecule has 1 aromatic carbocycles. The summed E-state index contributed by atoms with van der Waals surface area (Å²) < 4.78 is 6.20. The number of ether oxygens (including phenoxy) is 1. The summed E-state index contributed by atoms with van der Waals surface area (Å²) in [5, 5.41) is 10.2. The van der Waals surface area contributed by atoms with Crippen LogP contribution >= 0.6 is 0 Å². The number of β-amino-alcohol motifs (C(OH)–C–C–N with tert-alkyl or cyclic N) is 1. The Labute approximate surface area is 187 Å². The van der Waals surface area contributed by atoms with Crippen LogP contribution in [-0.4, -0.2) is 86.4 Å². The van der Waals surface area contributed by atoms with Crippen molar-refractivity contribution in [2.24, 2.45) is 11.3 Å². The Balaban J connectivity index is 1.23. The van der Waals surface area contributed by atoms with Crippen molar-refractivity contribution in [1.29, 1.82) is 0 Å². The molecule has 31 heavy (non-hydrogen) atoms. The summed E-state index contributed by atoms with van der Waals surface area (Å²) in [6, 6.07) is 8.27. The summed E-state index contributed by atoms with van der Waals surface area (Å²) in [5.74, 6) is 0.638. The number of amides is 1. The third kappa shape index (κ3) is 5.41. The van der Waals surface area contributed by atoms with Gasteiger partial charge in [-0.15, -0.1) is 0 Å². The number of carbonyl (C=O) groups is 1. The van der Waals surface area contributed by atoms with Crippen molar-refractivity contribution in [3.63, 3.8) is 0 Å². The SMILES string of the molecule is C[C@@H]1CCN(C[C@@H]2CC3(CCN(C(=O)Cc4ccc(N(C)C)cc4)CC3)CO2)C[C@H]1O. The molecule has 0 bridgehead atoms. The van der Waals surface area contributed by atoms with Crippen molar-refractivity contribution < 1.29 is 14.6 Å². The van der Waals surface area contributed by atoms with Gasteiger partial charge >= 0.3 is 0 Å². The van der Waals surface area contributed by atoms with E-state index in [0.717, 1.165) is 76.3 Å². The van der Waals surface area contributed by atoms with Crippen molar-refractivity contribution in [3.8, 4) is 0 Å². The maximum absolute atomic E-state index is 12.8. The lowest BCUT2D eigenvalue weighted by Crippen LogP contribution is -2.46. The van der Waals surface area contributed by atoms with E-state index in [2.05, 4.69) is 41.0 Å². The molecule has 1 aromatic rings. The summed E-state index contributed by atoms with van der Waals surface area (Å²) in [6.07, 6.45) is 4.76. The minimum absolute atomic E-state index is 0.211. The van der Waals surface area contributed by atoms with Gasteiger partial charge in [0.2, 0.25) is 5.91 Å². The van der Waals surface area contributed by atoms with Crippen LogP contribution in [0.5, 0.6) is 0 Å². The van der Waals surface area contributed by atoms with Crippen molar-refractivity contribution >= 4 is 11.6 Å². The van der Waals surface area contributed by atoms with E-state index in [1.54, 1.807) is 0 Å². The largest absolute Gasteiger partial charge is 0.392 e. The number of nitrogens with zero attached hydrogens (tertiary/aromatic N) is 3. The molecule has 0 aromatic heterocycles. The molecule has 0 aliphatic carbocycles. The number of piperidine rings is 2. The highest BCUT2D eigenvalue weighted by atomic mass is 16.5. The fourth-order valence-corrected chi connectivity index (χ4v) is 5.36. The molecule has 1 N–H and O–H groups in total. The second kappa shape index (κ2) is 9.47. The summed E-state index contributed by atoms with van der Waals surface area (Å²) in [7, 11) is 4.05. The maximum Gasteiger partial charge on any atom is 0.226 e. The number of hydrogen-bond acceptors (Lipinski definition) is 5. The Morgan fingerprint density at radius 3 is 2.55 bits per heavy atom. The highest BCUT2D eigenvalue weighted by Crippen LogP contribution is 2.42. The number of carbonyl (C=O) groups excluding carboxylic acids is 1. The van der Waals surface area contributed by atoms with Crippen molar-refractivity contribution in [1.82, 2.24) is 9.80 Å². The van der Waals surface area contributed by atoms with E-state index in [1.807, 2.05) is 19.0 Å². The first kappa shape index (κ1) is 22.6. The predicted molar refractivity (Wildman–Crippen MR) is 123 cm³/mol. The number of rotatable bonds is 5. The summed E-state index contributed by atoms with van der Waals surface area (Å²) in [5.41, 5.74) is 2.47. The van der Waals surface area contributed by atoms with Crippen LogP contribution in [0.4, 0.5) is 5.69 Å². The van der Waals surface area contributed by atoms with Crippen LogP contribution in [0.1, 0.15) is 38.2 Å². The number of hydrogen-bond donors (Lipinski definition) is 1. The first-order valence-corrected chi connectivity index (χ1v) is 11.9. The first-order chi connectivity index (χ1) is 14.8. The Morgan fingerprint density at radius 1 is 1.19 bits per heavy atom. The standard InChI is InChI=1S/C25H39N3O3/c1-19-8-11-27(17-23(19)29)16-22-15-25(18-31-22)9-12-28(13-10-25)24(30)14-20-4-6-21(7-5-20)26(2)3/h4-7,19,22-23,29H,8-18H2,1-3H3/t19-,22+,23-/m1/s1. The van der Waals surface area contributed by atoms with Crippen molar-refractivity contribution in [2.75, 3.05) is 58.3 Å². The highest BCUT2D eigenvalue weighted by Gasteiger charge is 2.43. The van der Waals surface area contributed by atoms with E-state index >= 15 is 0 Å². The molecule has 172 valence electrons. The number of likely N-dealkylation sites (tertiary alicyclic amines) is 2. The Hall–Kier alpha value is -1.63. The number of aliphatic hydroxyl groups excluding tert-OH is 1. The lowest BCUT2D eigenvalue weighted by molar-refractivity contribution is -0.132. The molecule has 0 unspecified atom stereocenters. The molecular formula is C25H39N3O3. The van der Waals surface area contributed by atoms with Crippen LogP contribution in [0.25, 0.3) is 0 Å². The Kier molecular flexibility index (Phi) is 6.89. The van der Waals surface area contributed by atoms with Crippen LogP contribution in [0.3, 0.4) is 0 Å². The molecule has 4 rings (SSSR count). The second-order valence-corrected chi connectivity index (χ2v) is 10.3. The van der Waals surface area contributed by atoms with E-state index in [4.69, 9.17) is 4.74 Å². The predicted octanol–water partition coefficient (Wildman–Crippen LogP) is 2.40. The summed E-state index contributed by atoms with van der Waals surface area (Å²) in [6.45, 7) is 7.39. The van der Waals surface area contributed by atoms with Gasteiger partial charge < -0.3 is 19.6 Å². The molecule has 3 atom stereocenters. The first-order valence-electron chi connectivity index (χ1n) is 11.9. The number of benzene rings is 1. The average Bonchev–Trinajstić information content (AvgIpc) is 3.13. The lowest BCUT2D eigenvalue weighted by atomic mass is 9.76. The fourth-order valence-electron chi connectivity index (χ4n) is 5.36. The Bertz CT molecular complexity index is 743. The maximum atomic E-state index is 12.8. The molecule has 3 saturated heterocycles. The summed E-state index contributed by atoms with van der Waals surface area (Å²) in [4.78, 5) is 19.3. The summed E-state index contributed by atoms with van der Waals surface area (Å²) >= 11 is 0. The third-order valence-corrected chi connectivity index (χ3v) is 7.74. The van der Waals surface area contributed by atoms with E-state index in [-0.39, 0.29) is 23.5 Å². The molecule has 0 radical (unpaired) electrons. The van der Waals surface area contributed by atoms with Crippen LogP contribution in [0, 0.1) is 11.3 Å². The van der Waals surface area contributed by atoms with Gasteiger partial charge in [-0.2, -0.15) is 0 Å². The van der Waals surface area contributed by atoms with Gasteiger partial charge in [0.1, 0.15) is 0 Å². The third-order valence-electron chi connectivity index (χ3n) is 7.74. The van der Waals surface area contributed by atoms with E-state index in [1.165, 1.54) is 0 Å². The van der Waals surface area contributed by atoms with Gasteiger partial charge in [0.25, 0.3) is 0 Å². The molecular weight excluding hydrogens is 390 g/mol. The van der Waals surface area contributed by atoms with E-state index < -0.39 is 0 Å². The fraction of sp³-hybridized carbons (Fsp3) is 0.720. The highest BCUT2D eigenvalue weighted by molar-refractivity contribution is 5.79. The molecule has 0 saturated carbocycles. The minimum Gasteiger partial charge on any atom is -0.392 e. The molecule has 1 amide bonds. The van der Waals surface area contributed by atoms with E-state index in [0.29, 0.717) is 12.3 Å². The van der Waals surface area contributed by atoms with Gasteiger partial charge in [0.15, 0.2) is 0 Å². The van der Waals surface area contributed by atoms with Gasteiger partial charge in [-0.05, 0) is 61.3 Å². The number of aliphatic hydroxyl groups is 1. The molecule has 3 aliphatic rings. The zero-order valence-electron chi connectivity index (χ0n) is 19.4. The smallest absolute Gasteiger partial charge is 0.226 e. The molecule has 1 spiro atoms. The molecule has 3 aliphatic heterocycles. The lowest BCUT2D eigenvalue weighted by Gasteiger charge is -2.39. The van der Waals surface area contributed by atoms with Gasteiger partial charge in [-0.1, -0.05) is 19.1 Å². The van der Waals surface area contributed by atoms with E-state index in [9.17, 15) is 9.90 Å². The normalized spacial score (nSPS) is 28.8. The monoisotopic (exact) mass is 429 g/mol. The van der Waals surface area contributed by atoms with Crippen LogP contribution in [-0.2, 0) is 16.0 Å². The minimum atomic E-state index is -0.211. The van der Waals surface area contributed by atoms with Gasteiger partial charge in [0, 0.05) is 46.0 Å². The van der Waals surface area contributed by atoms with Crippen LogP contribution in [0.15, 0.2) is 24.3 Å². The number of anilines is 1. The second-order valence-electron chi connectivity index (χ2n) is 10.3. The van der Waals surface area contributed by atoms with Gasteiger partial charge in [-0.25, -0.2) is 0 Å². The van der Waals surface area contributed by atoms with Crippen molar-refractivity contribution in [2.45, 2.75) is 51.2 Å². The topological polar surface area (TPSA) is 56.2 Å². The van der Waals surface area contributed by atoms with Crippen LogP contribution in [0.2, 0.25) is 0 Å². The molecule has 6 heteroatoms. The zero-order chi connectivity index (χ0) is 22.0.